The molecule has 0 radical (unpaired) electrons. The minimum atomic E-state index is 0.924. The molecule has 0 bridgehead atoms. The van der Waals surface area contributed by atoms with Gasteiger partial charge < -0.3 is 4.74 Å². The van der Waals surface area contributed by atoms with Crippen LogP contribution in [0.2, 0.25) is 0 Å². The Kier molecular flexibility index (Phi) is 3.26. The molecule has 0 aliphatic carbocycles. The van der Waals surface area contributed by atoms with Gasteiger partial charge in [0.05, 0.1) is 7.11 Å². The number of methoxy groups -OCH3 is 1. The summed E-state index contributed by atoms with van der Waals surface area (Å²) in [6, 6.07) is 16.4. The van der Waals surface area contributed by atoms with Gasteiger partial charge >= 0.3 is 0 Å². The van der Waals surface area contributed by atoms with Gasteiger partial charge in [0.2, 0.25) is 0 Å². The molecule has 0 saturated heterocycles. The molecule has 0 heterocycles. The van der Waals surface area contributed by atoms with E-state index in [-0.39, 0.29) is 0 Å². The molecule has 0 aromatic heterocycles. The van der Waals surface area contributed by atoms with E-state index in [2.05, 4.69) is 40.8 Å². The van der Waals surface area contributed by atoms with E-state index >= 15 is 0 Å². The van der Waals surface area contributed by atoms with Gasteiger partial charge in [0.15, 0.2) is 0 Å². The predicted octanol–water partition coefficient (Wildman–Crippen LogP) is 3.97. The zero-order valence-electron chi connectivity index (χ0n) is 8.41. The van der Waals surface area contributed by atoms with Crippen molar-refractivity contribution in [3.63, 3.8) is 0 Å². The van der Waals surface area contributed by atoms with Gasteiger partial charge in [0, 0.05) is 9.13 Å². The van der Waals surface area contributed by atoms with Gasteiger partial charge in [0.1, 0.15) is 5.75 Å². The van der Waals surface area contributed by atoms with Crippen LogP contribution in [0.25, 0.3) is 11.1 Å². The Labute approximate surface area is 103 Å². The molecular formula is C13H11IO. The minimum absolute atomic E-state index is 0.924. The van der Waals surface area contributed by atoms with Crippen molar-refractivity contribution in [2.75, 3.05) is 7.11 Å². The highest BCUT2D eigenvalue weighted by Crippen LogP contribution is 2.33. The molecule has 0 aliphatic rings. The number of ether oxygens (including phenoxy) is 1. The van der Waals surface area contributed by atoms with Crippen molar-refractivity contribution in [2.45, 2.75) is 0 Å². The third kappa shape index (κ3) is 2.15. The van der Waals surface area contributed by atoms with Crippen molar-refractivity contribution in [3.05, 3.63) is 52.1 Å². The van der Waals surface area contributed by atoms with Crippen molar-refractivity contribution in [1.82, 2.24) is 0 Å². The van der Waals surface area contributed by atoms with Crippen molar-refractivity contribution >= 4 is 22.6 Å². The molecule has 2 aromatic rings. The van der Waals surface area contributed by atoms with Crippen LogP contribution >= 0.6 is 22.6 Å². The van der Waals surface area contributed by atoms with Gasteiger partial charge in [-0.3, -0.25) is 0 Å². The largest absolute Gasteiger partial charge is 0.496 e. The lowest BCUT2D eigenvalue weighted by Gasteiger charge is -2.10. The zero-order chi connectivity index (χ0) is 10.7. The highest BCUT2D eigenvalue weighted by atomic mass is 127. The van der Waals surface area contributed by atoms with E-state index in [1.54, 1.807) is 7.11 Å². The number of halogens is 1. The van der Waals surface area contributed by atoms with Gasteiger partial charge in [-0.1, -0.05) is 36.4 Å². The molecule has 2 rings (SSSR count). The van der Waals surface area contributed by atoms with E-state index in [1.807, 2.05) is 30.3 Å². The molecule has 15 heavy (non-hydrogen) atoms. The molecule has 0 atom stereocenters. The maximum atomic E-state index is 5.38. The van der Waals surface area contributed by atoms with Gasteiger partial charge in [0.25, 0.3) is 0 Å². The van der Waals surface area contributed by atoms with Crippen molar-refractivity contribution < 1.29 is 4.74 Å². The smallest absolute Gasteiger partial charge is 0.127 e. The van der Waals surface area contributed by atoms with E-state index in [0.717, 1.165) is 5.75 Å². The Morgan fingerprint density at radius 3 is 2.33 bits per heavy atom. The number of benzene rings is 2. The van der Waals surface area contributed by atoms with Crippen LogP contribution in [0.3, 0.4) is 0 Å². The van der Waals surface area contributed by atoms with E-state index in [1.165, 1.54) is 14.7 Å². The first-order valence-corrected chi connectivity index (χ1v) is 5.78. The molecule has 76 valence electrons. The lowest BCUT2D eigenvalue weighted by molar-refractivity contribution is 0.416. The number of hydrogen-bond donors (Lipinski definition) is 0. The maximum absolute atomic E-state index is 5.38. The second kappa shape index (κ2) is 4.66. The molecule has 0 saturated carbocycles. The van der Waals surface area contributed by atoms with Crippen LogP contribution in [0.4, 0.5) is 0 Å². The average molecular weight is 310 g/mol. The summed E-state index contributed by atoms with van der Waals surface area (Å²) >= 11 is 2.33. The van der Waals surface area contributed by atoms with Crippen LogP contribution in [-0.2, 0) is 0 Å². The van der Waals surface area contributed by atoms with Crippen LogP contribution < -0.4 is 4.74 Å². The van der Waals surface area contributed by atoms with Gasteiger partial charge in [-0.25, -0.2) is 0 Å². The van der Waals surface area contributed by atoms with Crippen LogP contribution in [0.15, 0.2) is 48.5 Å². The van der Waals surface area contributed by atoms with Crippen molar-refractivity contribution in [1.29, 1.82) is 0 Å². The van der Waals surface area contributed by atoms with Crippen LogP contribution in [0.1, 0.15) is 0 Å². The van der Waals surface area contributed by atoms with Crippen LogP contribution in [-0.4, -0.2) is 7.11 Å². The predicted molar refractivity (Wildman–Crippen MR) is 71.1 cm³/mol. The van der Waals surface area contributed by atoms with E-state index in [4.69, 9.17) is 4.74 Å². The Morgan fingerprint density at radius 2 is 1.67 bits per heavy atom. The third-order valence-corrected chi connectivity index (χ3v) is 3.16. The molecule has 2 heteroatoms. The summed E-state index contributed by atoms with van der Waals surface area (Å²) in [5.74, 6) is 0.924. The molecule has 0 fully saturated rings. The lowest BCUT2D eigenvalue weighted by atomic mass is 10.1. The van der Waals surface area contributed by atoms with Crippen LogP contribution in [0, 0.1) is 3.57 Å². The average Bonchev–Trinajstić information content (AvgIpc) is 2.29. The first kappa shape index (κ1) is 10.5. The fourth-order valence-corrected chi connectivity index (χ4v) is 2.34. The highest BCUT2D eigenvalue weighted by Gasteiger charge is 2.08. The normalized spacial score (nSPS) is 10.0. The summed E-state index contributed by atoms with van der Waals surface area (Å²) in [7, 11) is 1.71. The highest BCUT2D eigenvalue weighted by molar-refractivity contribution is 14.1. The Balaban J connectivity index is 2.61. The number of hydrogen-bond acceptors (Lipinski definition) is 1. The second-order valence-corrected chi connectivity index (χ2v) is 4.35. The zero-order valence-corrected chi connectivity index (χ0v) is 10.6. The molecular weight excluding hydrogens is 299 g/mol. The lowest BCUT2D eigenvalue weighted by Crippen LogP contribution is -1.90. The standard InChI is InChI=1S/C13H11IO/c1-15-12-9-5-8-11(14)13(12)10-6-3-2-4-7-10/h2-9H,1H3. The molecule has 1 nitrogen and oxygen atoms in total. The summed E-state index contributed by atoms with van der Waals surface area (Å²) in [4.78, 5) is 0. The van der Waals surface area contributed by atoms with Gasteiger partial charge in [-0.05, 0) is 40.3 Å². The Bertz CT molecular complexity index is 451. The monoisotopic (exact) mass is 310 g/mol. The van der Waals surface area contributed by atoms with E-state index in [9.17, 15) is 0 Å². The Morgan fingerprint density at radius 1 is 0.933 bits per heavy atom. The first-order chi connectivity index (χ1) is 7.33. The molecule has 0 N–H and O–H groups in total. The number of rotatable bonds is 2. The van der Waals surface area contributed by atoms with Crippen molar-refractivity contribution in [3.8, 4) is 16.9 Å². The molecule has 0 unspecified atom stereocenters. The summed E-state index contributed by atoms with van der Waals surface area (Å²) in [5, 5.41) is 0. The van der Waals surface area contributed by atoms with E-state index < -0.39 is 0 Å². The quantitative estimate of drug-likeness (QED) is 0.763. The van der Waals surface area contributed by atoms with E-state index in [0.29, 0.717) is 0 Å². The first-order valence-electron chi connectivity index (χ1n) is 4.71. The second-order valence-electron chi connectivity index (χ2n) is 3.18. The van der Waals surface area contributed by atoms with Crippen molar-refractivity contribution in [2.24, 2.45) is 0 Å². The maximum Gasteiger partial charge on any atom is 0.127 e. The molecule has 2 aromatic carbocycles. The topological polar surface area (TPSA) is 9.23 Å². The molecule has 0 amide bonds. The fourth-order valence-electron chi connectivity index (χ4n) is 1.56. The summed E-state index contributed by atoms with van der Waals surface area (Å²) < 4.78 is 6.58. The molecule has 0 aliphatic heterocycles. The SMILES string of the molecule is COc1cccc(I)c1-c1ccccc1. The summed E-state index contributed by atoms with van der Waals surface area (Å²) in [6.07, 6.45) is 0. The van der Waals surface area contributed by atoms with Gasteiger partial charge in [-0.2, -0.15) is 0 Å². The third-order valence-electron chi connectivity index (χ3n) is 2.26. The van der Waals surface area contributed by atoms with Gasteiger partial charge in [-0.15, -0.1) is 0 Å². The fraction of sp³-hybridized carbons (Fsp3) is 0.0769. The summed E-state index contributed by atoms with van der Waals surface area (Å²) in [6.45, 7) is 0. The Hall–Kier alpha value is -1.03. The molecule has 0 spiro atoms. The summed E-state index contributed by atoms with van der Waals surface area (Å²) in [5.41, 5.74) is 2.36. The van der Waals surface area contributed by atoms with Crippen LogP contribution in [0.5, 0.6) is 5.75 Å². The minimum Gasteiger partial charge on any atom is -0.496 e.